The molecule has 1 amide bonds. The smallest absolute Gasteiger partial charge is 0.255 e. The highest BCUT2D eigenvalue weighted by Gasteiger charge is 2.26. The number of ether oxygens (including phenoxy) is 1. The number of halogens is 2. The normalized spacial score (nSPS) is 14.9. The first-order valence-corrected chi connectivity index (χ1v) is 12.0. The van der Waals surface area contributed by atoms with Crippen LogP contribution in [0.25, 0.3) is 5.65 Å². The number of pyridine rings is 1. The predicted molar refractivity (Wildman–Crippen MR) is 133 cm³/mol. The lowest BCUT2D eigenvalue weighted by Crippen LogP contribution is -2.38. The number of carbonyl (C=O) groups is 1. The molecule has 3 aromatic rings. The SMILES string of the molecule is COCCC1CCN(C(=O)c2ccc(Cl)c(Cc3nc4c(C)cc(N)cn4c3C)c2Cl)CC1. The standard InChI is InChI=1S/C25H30Cl2N4O2/c1-15-12-18(28)14-31-16(2)22(29-24(15)31)13-20-21(26)5-4-19(23(20)27)25(32)30-9-6-17(7-10-30)8-11-33-3/h4-5,12,14,17H,6-11,13,28H2,1-3H3. The van der Waals surface area contributed by atoms with Crippen molar-refractivity contribution in [2.75, 3.05) is 32.5 Å². The van der Waals surface area contributed by atoms with Gasteiger partial charge in [0.05, 0.1) is 16.3 Å². The second kappa shape index (κ2) is 9.92. The number of hydrogen-bond acceptors (Lipinski definition) is 4. The molecule has 1 saturated heterocycles. The Hall–Kier alpha value is -2.28. The van der Waals surface area contributed by atoms with Crippen LogP contribution in [0.4, 0.5) is 5.69 Å². The number of nitrogen functional groups attached to an aromatic ring is 1. The lowest BCUT2D eigenvalue weighted by atomic mass is 9.93. The zero-order valence-corrected chi connectivity index (χ0v) is 20.8. The number of piperidine rings is 1. The number of fused-ring (bicyclic) bond motifs is 1. The monoisotopic (exact) mass is 488 g/mol. The van der Waals surface area contributed by atoms with Gasteiger partial charge in [0.1, 0.15) is 5.65 Å². The Morgan fingerprint density at radius 1 is 1.24 bits per heavy atom. The van der Waals surface area contributed by atoms with Gasteiger partial charge >= 0.3 is 0 Å². The summed E-state index contributed by atoms with van der Waals surface area (Å²) < 4.78 is 7.18. The van der Waals surface area contributed by atoms with Crippen molar-refractivity contribution in [2.45, 2.75) is 39.5 Å². The summed E-state index contributed by atoms with van der Waals surface area (Å²) >= 11 is 13.3. The number of nitrogens with two attached hydrogens (primary N) is 1. The van der Waals surface area contributed by atoms with Crippen molar-refractivity contribution in [3.05, 3.63) is 62.5 Å². The van der Waals surface area contributed by atoms with E-state index in [2.05, 4.69) is 0 Å². The van der Waals surface area contributed by atoms with E-state index < -0.39 is 0 Å². The Morgan fingerprint density at radius 2 is 1.97 bits per heavy atom. The van der Waals surface area contributed by atoms with Crippen LogP contribution in [0.2, 0.25) is 10.0 Å². The molecule has 1 aromatic carbocycles. The Bertz CT molecular complexity index is 1180. The van der Waals surface area contributed by atoms with E-state index >= 15 is 0 Å². The minimum Gasteiger partial charge on any atom is -0.398 e. The van der Waals surface area contributed by atoms with E-state index in [-0.39, 0.29) is 5.91 Å². The summed E-state index contributed by atoms with van der Waals surface area (Å²) in [5, 5.41) is 0.934. The molecule has 0 radical (unpaired) electrons. The maximum atomic E-state index is 13.3. The first kappa shape index (κ1) is 23.9. The summed E-state index contributed by atoms with van der Waals surface area (Å²) in [6.07, 6.45) is 5.30. The molecule has 1 aliphatic heterocycles. The summed E-state index contributed by atoms with van der Waals surface area (Å²) in [5.41, 5.74) is 11.6. The van der Waals surface area contributed by atoms with Crippen molar-refractivity contribution in [1.29, 1.82) is 0 Å². The third-order valence-electron chi connectivity index (χ3n) is 6.65. The number of methoxy groups -OCH3 is 1. The highest BCUT2D eigenvalue weighted by atomic mass is 35.5. The molecule has 2 aromatic heterocycles. The number of anilines is 1. The van der Waals surface area contributed by atoms with Crippen LogP contribution >= 0.6 is 23.2 Å². The molecule has 4 rings (SSSR count). The number of aryl methyl sites for hydroxylation is 2. The number of likely N-dealkylation sites (tertiary alicyclic amines) is 1. The molecule has 0 saturated carbocycles. The molecule has 0 bridgehead atoms. The van der Waals surface area contributed by atoms with Crippen molar-refractivity contribution in [2.24, 2.45) is 5.92 Å². The molecule has 1 fully saturated rings. The summed E-state index contributed by atoms with van der Waals surface area (Å²) in [7, 11) is 1.73. The molecule has 0 aliphatic carbocycles. The Balaban J connectivity index is 1.58. The fraction of sp³-hybridized carbons (Fsp3) is 0.440. The third-order valence-corrected chi connectivity index (χ3v) is 7.44. The van der Waals surface area contributed by atoms with Crippen LogP contribution < -0.4 is 5.73 Å². The van der Waals surface area contributed by atoms with Crippen LogP contribution in [0.15, 0.2) is 24.4 Å². The van der Waals surface area contributed by atoms with Crippen molar-refractivity contribution >= 4 is 40.4 Å². The number of aromatic nitrogens is 2. The van der Waals surface area contributed by atoms with Crippen LogP contribution in [0.3, 0.4) is 0 Å². The number of carbonyl (C=O) groups excluding carboxylic acids is 1. The van der Waals surface area contributed by atoms with Gasteiger partial charge in [-0.15, -0.1) is 0 Å². The molecule has 0 unspecified atom stereocenters. The van der Waals surface area contributed by atoms with Gasteiger partial charge in [0.2, 0.25) is 0 Å². The molecule has 1 aliphatic rings. The minimum absolute atomic E-state index is 0.0431. The second-order valence-corrected chi connectivity index (χ2v) is 9.66. The van der Waals surface area contributed by atoms with Gasteiger partial charge in [0.15, 0.2) is 0 Å². The van der Waals surface area contributed by atoms with Crippen molar-refractivity contribution in [3.8, 4) is 0 Å². The number of imidazole rings is 1. The summed E-state index contributed by atoms with van der Waals surface area (Å²) in [4.78, 5) is 20.0. The van der Waals surface area contributed by atoms with Gasteiger partial charge in [0, 0.05) is 55.8 Å². The largest absolute Gasteiger partial charge is 0.398 e. The Labute approximate surface area is 204 Å². The molecule has 176 valence electrons. The van der Waals surface area contributed by atoms with Gasteiger partial charge in [-0.05, 0) is 68.4 Å². The zero-order valence-electron chi connectivity index (χ0n) is 19.3. The van der Waals surface area contributed by atoms with E-state index in [9.17, 15) is 4.79 Å². The molecule has 0 spiro atoms. The van der Waals surface area contributed by atoms with Gasteiger partial charge < -0.3 is 19.8 Å². The molecule has 0 atom stereocenters. The molecular formula is C25H30Cl2N4O2. The quantitative estimate of drug-likeness (QED) is 0.509. The second-order valence-electron chi connectivity index (χ2n) is 8.88. The van der Waals surface area contributed by atoms with Crippen molar-refractivity contribution in [3.63, 3.8) is 0 Å². The van der Waals surface area contributed by atoms with Crippen LogP contribution in [-0.2, 0) is 11.2 Å². The average Bonchev–Trinajstić information content (AvgIpc) is 3.11. The van der Waals surface area contributed by atoms with E-state index in [1.165, 1.54) is 0 Å². The van der Waals surface area contributed by atoms with Crippen LogP contribution in [0.1, 0.15) is 52.1 Å². The van der Waals surface area contributed by atoms with E-state index in [1.807, 2.05) is 35.4 Å². The van der Waals surface area contributed by atoms with Gasteiger partial charge in [-0.25, -0.2) is 4.98 Å². The van der Waals surface area contributed by atoms with E-state index in [1.54, 1.807) is 19.2 Å². The van der Waals surface area contributed by atoms with E-state index in [0.717, 1.165) is 67.1 Å². The van der Waals surface area contributed by atoms with Gasteiger partial charge in [-0.3, -0.25) is 4.79 Å². The van der Waals surface area contributed by atoms with Gasteiger partial charge in [0.25, 0.3) is 5.91 Å². The molecule has 33 heavy (non-hydrogen) atoms. The number of hydrogen-bond donors (Lipinski definition) is 1. The lowest BCUT2D eigenvalue weighted by molar-refractivity contribution is 0.0670. The highest BCUT2D eigenvalue weighted by Crippen LogP contribution is 2.33. The number of amides is 1. The third kappa shape index (κ3) is 4.84. The van der Waals surface area contributed by atoms with Crippen molar-refractivity contribution < 1.29 is 9.53 Å². The van der Waals surface area contributed by atoms with Crippen molar-refractivity contribution in [1.82, 2.24) is 14.3 Å². The Kier molecular flexibility index (Phi) is 7.17. The molecule has 2 N–H and O–H groups in total. The Morgan fingerprint density at radius 3 is 2.67 bits per heavy atom. The topological polar surface area (TPSA) is 72.9 Å². The zero-order chi connectivity index (χ0) is 23.7. The van der Waals surface area contributed by atoms with Gasteiger partial charge in [-0.2, -0.15) is 0 Å². The summed E-state index contributed by atoms with van der Waals surface area (Å²) in [6, 6.07) is 5.40. The molecule has 3 heterocycles. The summed E-state index contributed by atoms with van der Waals surface area (Å²) in [5.74, 6) is 0.555. The van der Waals surface area contributed by atoms with E-state index in [4.69, 9.17) is 38.7 Å². The number of benzene rings is 1. The fourth-order valence-electron chi connectivity index (χ4n) is 4.64. The van der Waals surface area contributed by atoms with E-state index in [0.29, 0.717) is 33.6 Å². The first-order chi connectivity index (χ1) is 15.8. The maximum Gasteiger partial charge on any atom is 0.255 e. The highest BCUT2D eigenvalue weighted by molar-refractivity contribution is 6.38. The average molecular weight is 489 g/mol. The predicted octanol–water partition coefficient (Wildman–Crippen LogP) is 5.32. The molecule has 6 nitrogen and oxygen atoms in total. The summed E-state index contributed by atoms with van der Waals surface area (Å²) in [6.45, 7) is 6.21. The molecule has 8 heteroatoms. The van der Waals surface area contributed by atoms with Crippen LogP contribution in [0, 0.1) is 19.8 Å². The first-order valence-electron chi connectivity index (χ1n) is 11.3. The van der Waals surface area contributed by atoms with Gasteiger partial charge in [-0.1, -0.05) is 23.2 Å². The molecular weight excluding hydrogens is 459 g/mol. The van der Waals surface area contributed by atoms with Crippen LogP contribution in [0.5, 0.6) is 0 Å². The lowest BCUT2D eigenvalue weighted by Gasteiger charge is -2.32. The number of rotatable bonds is 6. The minimum atomic E-state index is -0.0431. The number of nitrogens with zero attached hydrogens (tertiary/aromatic N) is 3. The van der Waals surface area contributed by atoms with Crippen LogP contribution in [-0.4, -0.2) is 47.0 Å². The fourth-order valence-corrected chi connectivity index (χ4v) is 5.22. The maximum absolute atomic E-state index is 13.3.